The summed E-state index contributed by atoms with van der Waals surface area (Å²) < 4.78 is 2.94. The molecule has 4 nitrogen and oxygen atoms in total. The first-order chi connectivity index (χ1) is 14.3. The van der Waals surface area contributed by atoms with Gasteiger partial charge < -0.3 is 5.32 Å². The van der Waals surface area contributed by atoms with Crippen LogP contribution in [-0.4, -0.2) is 15.0 Å². The molecule has 0 aliphatic rings. The number of nitrogens with zero attached hydrogens (tertiary/aromatic N) is 3. The molecular weight excluding hydrogens is 436 g/mol. The van der Waals surface area contributed by atoms with Gasteiger partial charge in [-0.1, -0.05) is 74.5 Å². The Kier molecular flexibility index (Phi) is 5.65. The lowest BCUT2D eigenvalue weighted by molar-refractivity contribution is 0.327. The summed E-state index contributed by atoms with van der Waals surface area (Å²) in [6, 6.07) is 21.4. The Balaban J connectivity index is 1.50. The Bertz CT molecular complexity index is 1170. The molecule has 1 heterocycles. The van der Waals surface area contributed by atoms with Crippen LogP contribution in [0.4, 0.5) is 5.69 Å². The van der Waals surface area contributed by atoms with E-state index in [0.29, 0.717) is 0 Å². The fourth-order valence-corrected chi connectivity index (χ4v) is 4.16. The van der Waals surface area contributed by atoms with Gasteiger partial charge in [0.05, 0.1) is 15.7 Å². The summed E-state index contributed by atoms with van der Waals surface area (Å²) in [6.45, 7) is 10.3. The van der Waals surface area contributed by atoms with Crippen molar-refractivity contribution >= 4 is 32.7 Å². The highest BCUT2D eigenvalue weighted by molar-refractivity contribution is 9.10. The van der Waals surface area contributed by atoms with Crippen molar-refractivity contribution in [2.24, 2.45) is 5.41 Å². The van der Waals surface area contributed by atoms with Gasteiger partial charge in [-0.05, 0) is 62.7 Å². The summed E-state index contributed by atoms with van der Waals surface area (Å²) in [5, 5.41) is 12.3. The van der Waals surface area contributed by atoms with E-state index in [2.05, 4.69) is 120 Å². The lowest BCUT2D eigenvalue weighted by atomic mass is 9.97. The average Bonchev–Trinajstić information content (AvgIpc) is 3.10. The number of fused-ring (bicyclic) bond motifs is 1. The van der Waals surface area contributed by atoms with Crippen LogP contribution in [0, 0.1) is 12.3 Å². The smallest absolute Gasteiger partial charge is 0.129 e. The molecule has 1 N–H and O–H groups in total. The maximum absolute atomic E-state index is 4.40. The summed E-state index contributed by atoms with van der Waals surface area (Å²) in [6.07, 6.45) is 0. The van der Waals surface area contributed by atoms with Gasteiger partial charge in [0, 0.05) is 13.1 Å². The molecule has 0 unspecified atom stereocenters. The largest absolute Gasteiger partial charge is 0.380 e. The van der Waals surface area contributed by atoms with Gasteiger partial charge in [0.25, 0.3) is 0 Å². The second kappa shape index (κ2) is 8.23. The summed E-state index contributed by atoms with van der Waals surface area (Å²) in [4.78, 5) is 0. The van der Waals surface area contributed by atoms with E-state index in [1.165, 1.54) is 22.3 Å². The first-order valence-corrected chi connectivity index (χ1v) is 11.0. The fourth-order valence-electron chi connectivity index (χ4n) is 3.60. The number of rotatable bonds is 5. The maximum Gasteiger partial charge on any atom is 0.129 e. The molecule has 4 rings (SSSR count). The molecule has 0 amide bonds. The van der Waals surface area contributed by atoms with Crippen molar-refractivity contribution in [3.8, 4) is 11.1 Å². The molecular formula is C25H27BrN4. The third-order valence-corrected chi connectivity index (χ3v) is 5.95. The normalized spacial score (nSPS) is 11.8. The molecule has 0 radical (unpaired) electrons. The minimum atomic E-state index is 0.147. The van der Waals surface area contributed by atoms with Crippen LogP contribution in [-0.2, 0) is 13.1 Å². The van der Waals surface area contributed by atoms with Crippen LogP contribution >= 0.6 is 15.9 Å². The molecule has 0 aliphatic heterocycles. The zero-order valence-electron chi connectivity index (χ0n) is 17.9. The van der Waals surface area contributed by atoms with E-state index >= 15 is 0 Å². The van der Waals surface area contributed by atoms with Crippen molar-refractivity contribution in [2.45, 2.75) is 40.8 Å². The Morgan fingerprint density at radius 1 is 0.967 bits per heavy atom. The quantitative estimate of drug-likeness (QED) is 0.353. The second-order valence-corrected chi connectivity index (χ2v) is 9.76. The first-order valence-electron chi connectivity index (χ1n) is 10.2. The van der Waals surface area contributed by atoms with Gasteiger partial charge >= 0.3 is 0 Å². The Morgan fingerprint density at radius 2 is 1.70 bits per heavy atom. The van der Waals surface area contributed by atoms with E-state index in [4.69, 9.17) is 0 Å². The van der Waals surface area contributed by atoms with Crippen molar-refractivity contribution in [1.29, 1.82) is 0 Å². The molecule has 0 spiro atoms. The second-order valence-electron chi connectivity index (χ2n) is 8.97. The van der Waals surface area contributed by atoms with E-state index in [0.717, 1.165) is 34.3 Å². The molecule has 0 bridgehead atoms. The number of aromatic nitrogens is 3. The van der Waals surface area contributed by atoms with Crippen LogP contribution in [0.15, 0.2) is 65.1 Å². The van der Waals surface area contributed by atoms with Crippen LogP contribution < -0.4 is 5.32 Å². The fraction of sp³-hybridized carbons (Fsp3) is 0.280. The molecule has 0 saturated heterocycles. The van der Waals surface area contributed by atoms with Crippen molar-refractivity contribution < 1.29 is 0 Å². The van der Waals surface area contributed by atoms with Crippen molar-refractivity contribution in [3.63, 3.8) is 0 Å². The summed E-state index contributed by atoms with van der Waals surface area (Å²) in [5.74, 6) is 0. The lowest BCUT2D eigenvalue weighted by Gasteiger charge is -2.18. The molecule has 154 valence electrons. The number of nitrogens with one attached hydrogen (secondary N) is 1. The van der Waals surface area contributed by atoms with Crippen LogP contribution in [0.25, 0.3) is 22.2 Å². The van der Waals surface area contributed by atoms with E-state index in [9.17, 15) is 0 Å². The Hall–Kier alpha value is -2.66. The zero-order valence-corrected chi connectivity index (χ0v) is 19.5. The van der Waals surface area contributed by atoms with Gasteiger partial charge in [-0.25, -0.2) is 4.68 Å². The molecule has 5 heteroatoms. The standard InChI is InChI=1S/C25H27BrN4/c1-17-7-5-6-8-20(17)19-11-9-18(10-12-19)15-27-21-13-14-22-24(23(21)26)28-29-30(22)16-25(2,3)4/h5-14,27H,15-16H2,1-4H3. The van der Waals surface area contributed by atoms with Gasteiger partial charge in [-0.15, -0.1) is 5.10 Å². The van der Waals surface area contributed by atoms with Crippen LogP contribution in [0.5, 0.6) is 0 Å². The number of benzene rings is 3. The third-order valence-electron chi connectivity index (χ3n) is 5.14. The molecule has 0 fully saturated rings. The number of anilines is 1. The maximum atomic E-state index is 4.40. The zero-order chi connectivity index (χ0) is 21.3. The van der Waals surface area contributed by atoms with Crippen molar-refractivity contribution in [1.82, 2.24) is 15.0 Å². The highest BCUT2D eigenvalue weighted by Gasteiger charge is 2.17. The average molecular weight is 463 g/mol. The molecule has 1 aromatic heterocycles. The number of halogens is 1. The first kappa shape index (κ1) is 20.6. The van der Waals surface area contributed by atoms with Crippen molar-refractivity contribution in [2.75, 3.05) is 5.32 Å². The van der Waals surface area contributed by atoms with E-state index in [1.54, 1.807) is 0 Å². The summed E-state index contributed by atoms with van der Waals surface area (Å²) >= 11 is 3.72. The van der Waals surface area contributed by atoms with E-state index in [-0.39, 0.29) is 5.41 Å². The molecule has 0 saturated carbocycles. The molecule has 30 heavy (non-hydrogen) atoms. The minimum absolute atomic E-state index is 0.147. The Labute approximate surface area is 186 Å². The van der Waals surface area contributed by atoms with Crippen molar-refractivity contribution in [3.05, 3.63) is 76.3 Å². The molecule has 0 aliphatic carbocycles. The van der Waals surface area contributed by atoms with Crippen LogP contribution in [0.1, 0.15) is 31.9 Å². The number of aryl methyl sites for hydroxylation is 1. The predicted octanol–water partition coefficient (Wildman–Crippen LogP) is 6.83. The monoisotopic (exact) mass is 462 g/mol. The molecule has 4 aromatic rings. The van der Waals surface area contributed by atoms with Gasteiger partial charge in [0.1, 0.15) is 5.52 Å². The third kappa shape index (κ3) is 4.41. The lowest BCUT2D eigenvalue weighted by Crippen LogP contribution is -2.16. The Morgan fingerprint density at radius 3 is 2.40 bits per heavy atom. The molecule has 0 atom stereocenters. The van der Waals surface area contributed by atoms with Gasteiger partial charge in [-0.2, -0.15) is 0 Å². The number of hydrogen-bond acceptors (Lipinski definition) is 3. The van der Waals surface area contributed by atoms with Gasteiger partial charge in [-0.3, -0.25) is 0 Å². The summed E-state index contributed by atoms with van der Waals surface area (Å²) in [5.41, 5.74) is 8.15. The highest BCUT2D eigenvalue weighted by atomic mass is 79.9. The highest BCUT2D eigenvalue weighted by Crippen LogP contribution is 2.31. The molecule has 3 aromatic carbocycles. The van der Waals surface area contributed by atoms with Gasteiger partial charge in [0.2, 0.25) is 0 Å². The van der Waals surface area contributed by atoms with E-state index in [1.807, 2.05) is 4.68 Å². The van der Waals surface area contributed by atoms with Gasteiger partial charge in [0.15, 0.2) is 0 Å². The van der Waals surface area contributed by atoms with Crippen LogP contribution in [0.3, 0.4) is 0 Å². The number of hydrogen-bond donors (Lipinski definition) is 1. The summed E-state index contributed by atoms with van der Waals surface area (Å²) in [7, 11) is 0. The topological polar surface area (TPSA) is 42.7 Å². The van der Waals surface area contributed by atoms with E-state index < -0.39 is 0 Å². The van der Waals surface area contributed by atoms with Crippen LogP contribution in [0.2, 0.25) is 0 Å². The minimum Gasteiger partial charge on any atom is -0.380 e. The SMILES string of the molecule is Cc1ccccc1-c1ccc(CNc2ccc3c(nnn3CC(C)(C)C)c2Br)cc1. The predicted molar refractivity (Wildman–Crippen MR) is 129 cm³/mol.